The molecule has 1 amide bonds. The monoisotopic (exact) mass is 425 g/mol. The summed E-state index contributed by atoms with van der Waals surface area (Å²) in [5.74, 6) is -0.848. The van der Waals surface area contributed by atoms with Crippen LogP contribution in [0.4, 0.5) is 10.1 Å². The summed E-state index contributed by atoms with van der Waals surface area (Å²) in [6, 6.07) is 7.90. The van der Waals surface area contributed by atoms with Gasteiger partial charge in [0.25, 0.3) is 5.91 Å². The van der Waals surface area contributed by atoms with Gasteiger partial charge in [-0.3, -0.25) is 4.79 Å². The molecule has 0 spiro atoms. The molecule has 0 atom stereocenters. The highest BCUT2D eigenvalue weighted by Crippen LogP contribution is 2.25. The number of hydrogen-bond acceptors (Lipinski definition) is 4. The normalized spacial score (nSPS) is 15.6. The van der Waals surface area contributed by atoms with Crippen molar-refractivity contribution in [3.63, 3.8) is 0 Å². The van der Waals surface area contributed by atoms with Crippen LogP contribution in [-0.4, -0.2) is 47.1 Å². The first kappa shape index (κ1) is 21.0. The van der Waals surface area contributed by atoms with Crippen LogP contribution in [0.25, 0.3) is 0 Å². The topological polar surface area (TPSA) is 65.5 Å². The number of carbonyl (C=O) groups excluding carboxylic acids is 1. The Morgan fingerprint density at radius 2 is 2.04 bits per heavy atom. The van der Waals surface area contributed by atoms with Crippen LogP contribution in [0.3, 0.4) is 0 Å². The molecule has 28 heavy (non-hydrogen) atoms. The lowest BCUT2D eigenvalue weighted by molar-refractivity contribution is 0.102. The van der Waals surface area contributed by atoms with Crippen molar-refractivity contribution in [1.29, 1.82) is 0 Å². The summed E-state index contributed by atoms with van der Waals surface area (Å²) in [6.45, 7) is 2.57. The average molecular weight is 426 g/mol. The molecule has 0 bridgehead atoms. The number of anilines is 1. The Hall–Kier alpha value is -1.73. The SMILES string of the molecule is O=C(Nc1cccc(Cl)c1)c1cc(F)c(Cl)nc1CC1CCN(CCO)CC1. The molecule has 0 saturated carbocycles. The van der Waals surface area contributed by atoms with E-state index < -0.39 is 11.7 Å². The number of pyridine rings is 1. The predicted molar refractivity (Wildman–Crippen MR) is 109 cm³/mol. The van der Waals surface area contributed by atoms with Gasteiger partial charge in [-0.05, 0) is 62.5 Å². The number of amides is 1. The van der Waals surface area contributed by atoms with Gasteiger partial charge in [0, 0.05) is 17.3 Å². The highest BCUT2D eigenvalue weighted by molar-refractivity contribution is 6.31. The molecule has 3 rings (SSSR count). The van der Waals surface area contributed by atoms with Crippen molar-refractivity contribution >= 4 is 34.8 Å². The van der Waals surface area contributed by atoms with Crippen LogP contribution in [0.1, 0.15) is 28.9 Å². The summed E-state index contributed by atoms with van der Waals surface area (Å²) in [5, 5.41) is 12.1. The van der Waals surface area contributed by atoms with Gasteiger partial charge in [-0.25, -0.2) is 9.37 Å². The smallest absolute Gasteiger partial charge is 0.257 e. The van der Waals surface area contributed by atoms with E-state index in [2.05, 4.69) is 15.2 Å². The lowest BCUT2D eigenvalue weighted by Crippen LogP contribution is -2.36. The Morgan fingerprint density at radius 1 is 1.29 bits per heavy atom. The fourth-order valence-electron chi connectivity index (χ4n) is 3.45. The maximum absolute atomic E-state index is 14.0. The van der Waals surface area contributed by atoms with E-state index in [1.807, 2.05) is 0 Å². The first-order valence-corrected chi connectivity index (χ1v) is 9.97. The number of hydrogen-bond donors (Lipinski definition) is 2. The van der Waals surface area contributed by atoms with Crippen LogP contribution in [0.15, 0.2) is 30.3 Å². The third-order valence-electron chi connectivity index (χ3n) is 4.94. The molecule has 8 heteroatoms. The van der Waals surface area contributed by atoms with Gasteiger partial charge >= 0.3 is 0 Å². The van der Waals surface area contributed by atoms with E-state index in [4.69, 9.17) is 28.3 Å². The molecule has 2 aromatic rings. The minimum absolute atomic E-state index is 0.146. The lowest BCUT2D eigenvalue weighted by atomic mass is 9.90. The standard InChI is InChI=1S/C20H22Cl2FN3O2/c21-14-2-1-3-15(11-14)24-20(28)16-12-17(23)19(22)25-18(16)10-13-4-6-26(7-5-13)8-9-27/h1-3,11-13,27H,4-10H2,(H,24,28). The largest absolute Gasteiger partial charge is 0.395 e. The summed E-state index contributed by atoms with van der Waals surface area (Å²) in [7, 11) is 0. The molecule has 1 aromatic heterocycles. The number of nitrogens with one attached hydrogen (secondary N) is 1. The predicted octanol–water partition coefficient (Wildman–Crippen LogP) is 4.03. The van der Waals surface area contributed by atoms with Crippen LogP contribution >= 0.6 is 23.2 Å². The van der Waals surface area contributed by atoms with Gasteiger partial charge in [-0.2, -0.15) is 0 Å². The van der Waals surface area contributed by atoms with E-state index in [9.17, 15) is 9.18 Å². The number of aromatic nitrogens is 1. The summed E-state index contributed by atoms with van der Waals surface area (Å²) in [6.07, 6.45) is 2.39. The van der Waals surface area contributed by atoms with E-state index in [-0.39, 0.29) is 17.3 Å². The quantitative estimate of drug-likeness (QED) is 0.685. The number of β-amino-alcohol motifs (C(OH)–C–C–N with tert-alkyl or cyclic N) is 1. The van der Waals surface area contributed by atoms with Crippen molar-refractivity contribution in [2.45, 2.75) is 19.3 Å². The molecule has 1 aromatic carbocycles. The molecule has 1 saturated heterocycles. The molecule has 1 aliphatic rings. The Bertz CT molecular complexity index is 842. The van der Waals surface area contributed by atoms with Gasteiger partial charge in [0.15, 0.2) is 11.0 Å². The molecule has 0 unspecified atom stereocenters. The fraction of sp³-hybridized carbons (Fsp3) is 0.400. The molecule has 2 N–H and O–H groups in total. The van der Waals surface area contributed by atoms with Crippen LogP contribution in [0.5, 0.6) is 0 Å². The van der Waals surface area contributed by atoms with Gasteiger partial charge in [-0.15, -0.1) is 0 Å². The minimum atomic E-state index is -0.723. The molecule has 2 heterocycles. The highest BCUT2D eigenvalue weighted by Gasteiger charge is 2.24. The minimum Gasteiger partial charge on any atom is -0.395 e. The number of nitrogens with zero attached hydrogens (tertiary/aromatic N) is 2. The number of carbonyl (C=O) groups is 1. The van der Waals surface area contributed by atoms with E-state index >= 15 is 0 Å². The van der Waals surface area contributed by atoms with Gasteiger partial charge in [0.1, 0.15) is 0 Å². The number of halogens is 3. The molecule has 0 radical (unpaired) electrons. The van der Waals surface area contributed by atoms with Crippen molar-refractivity contribution in [1.82, 2.24) is 9.88 Å². The Morgan fingerprint density at radius 3 is 2.71 bits per heavy atom. The lowest BCUT2D eigenvalue weighted by Gasteiger charge is -2.31. The third kappa shape index (κ3) is 5.41. The fourth-order valence-corrected chi connectivity index (χ4v) is 3.79. The zero-order valence-electron chi connectivity index (χ0n) is 15.3. The Labute approximate surface area is 173 Å². The summed E-state index contributed by atoms with van der Waals surface area (Å²) >= 11 is 11.8. The molecule has 5 nitrogen and oxygen atoms in total. The number of aliphatic hydroxyl groups is 1. The van der Waals surface area contributed by atoms with E-state index in [1.165, 1.54) is 0 Å². The Balaban J connectivity index is 1.76. The number of benzene rings is 1. The van der Waals surface area contributed by atoms with Crippen LogP contribution in [-0.2, 0) is 6.42 Å². The zero-order valence-corrected chi connectivity index (χ0v) is 16.8. The number of rotatable bonds is 6. The first-order chi connectivity index (χ1) is 13.5. The van der Waals surface area contributed by atoms with Gasteiger partial charge in [0.05, 0.1) is 17.9 Å². The number of piperidine rings is 1. The van der Waals surface area contributed by atoms with Gasteiger partial charge < -0.3 is 15.3 Å². The van der Waals surface area contributed by atoms with Crippen molar-refractivity contribution < 1.29 is 14.3 Å². The van der Waals surface area contributed by atoms with Crippen molar-refractivity contribution in [2.75, 3.05) is 31.6 Å². The summed E-state index contributed by atoms with van der Waals surface area (Å²) in [4.78, 5) is 19.1. The second kappa shape index (κ2) is 9.65. The summed E-state index contributed by atoms with van der Waals surface area (Å²) < 4.78 is 14.0. The molecule has 150 valence electrons. The molecular formula is C20H22Cl2FN3O2. The third-order valence-corrected chi connectivity index (χ3v) is 5.44. The Kier molecular flexibility index (Phi) is 7.24. The van der Waals surface area contributed by atoms with Gasteiger partial charge in [0.2, 0.25) is 0 Å². The zero-order chi connectivity index (χ0) is 20.1. The van der Waals surface area contributed by atoms with Crippen LogP contribution < -0.4 is 5.32 Å². The molecule has 1 fully saturated rings. The number of likely N-dealkylation sites (tertiary alicyclic amines) is 1. The second-order valence-electron chi connectivity index (χ2n) is 6.93. The van der Waals surface area contributed by atoms with E-state index in [0.717, 1.165) is 32.0 Å². The van der Waals surface area contributed by atoms with Crippen molar-refractivity contribution in [2.24, 2.45) is 5.92 Å². The highest BCUT2D eigenvalue weighted by atomic mass is 35.5. The van der Waals surface area contributed by atoms with Crippen LogP contribution in [0.2, 0.25) is 10.2 Å². The van der Waals surface area contributed by atoms with E-state index in [0.29, 0.717) is 35.3 Å². The maximum atomic E-state index is 14.0. The van der Waals surface area contributed by atoms with Crippen molar-refractivity contribution in [3.05, 3.63) is 57.6 Å². The number of aliphatic hydroxyl groups excluding tert-OH is 1. The maximum Gasteiger partial charge on any atom is 0.257 e. The first-order valence-electron chi connectivity index (χ1n) is 9.21. The van der Waals surface area contributed by atoms with Crippen molar-refractivity contribution in [3.8, 4) is 0 Å². The average Bonchev–Trinajstić information content (AvgIpc) is 2.66. The second-order valence-corrected chi connectivity index (χ2v) is 7.73. The molecule has 1 aliphatic heterocycles. The van der Waals surface area contributed by atoms with Gasteiger partial charge in [-0.1, -0.05) is 29.3 Å². The van der Waals surface area contributed by atoms with Crippen LogP contribution in [0, 0.1) is 11.7 Å². The van der Waals surface area contributed by atoms with E-state index in [1.54, 1.807) is 24.3 Å². The molecule has 0 aliphatic carbocycles. The summed E-state index contributed by atoms with van der Waals surface area (Å²) in [5.41, 5.74) is 1.20. The molecular weight excluding hydrogens is 404 g/mol.